The standard InChI is InChI=1S/C9H11NOS/c1-7-3-5-8(6-4-7)10-9(12)11-2/h3-6H,1-2H3,(H,10,12). The summed E-state index contributed by atoms with van der Waals surface area (Å²) in [6, 6.07) is 7.95. The van der Waals surface area contributed by atoms with Crippen molar-refractivity contribution in [2.24, 2.45) is 0 Å². The van der Waals surface area contributed by atoms with Crippen LogP contribution in [0.25, 0.3) is 0 Å². The Bertz CT molecular complexity index is 268. The van der Waals surface area contributed by atoms with Gasteiger partial charge in [-0.2, -0.15) is 0 Å². The van der Waals surface area contributed by atoms with Gasteiger partial charge in [-0.3, -0.25) is 0 Å². The van der Waals surface area contributed by atoms with Gasteiger partial charge >= 0.3 is 0 Å². The summed E-state index contributed by atoms with van der Waals surface area (Å²) in [6.07, 6.45) is 0. The Morgan fingerprint density at radius 1 is 1.33 bits per heavy atom. The first-order valence-corrected chi connectivity index (χ1v) is 4.05. The number of anilines is 1. The molecule has 0 aliphatic heterocycles. The third-order valence-electron chi connectivity index (χ3n) is 1.48. The van der Waals surface area contributed by atoms with Crippen molar-refractivity contribution in [2.75, 3.05) is 12.4 Å². The monoisotopic (exact) mass is 181 g/mol. The molecule has 1 aromatic carbocycles. The van der Waals surface area contributed by atoms with Crippen molar-refractivity contribution in [2.45, 2.75) is 6.92 Å². The predicted octanol–water partition coefficient (Wildman–Crippen LogP) is 2.34. The highest BCUT2D eigenvalue weighted by Gasteiger charge is 1.94. The molecule has 0 bridgehead atoms. The number of hydrogen-bond acceptors (Lipinski definition) is 2. The van der Waals surface area contributed by atoms with Gasteiger partial charge in [-0.15, -0.1) is 0 Å². The molecule has 1 N–H and O–H groups in total. The van der Waals surface area contributed by atoms with Crippen LogP contribution in [0.3, 0.4) is 0 Å². The van der Waals surface area contributed by atoms with Gasteiger partial charge in [0.2, 0.25) is 0 Å². The lowest BCUT2D eigenvalue weighted by Crippen LogP contribution is -2.10. The fourth-order valence-electron chi connectivity index (χ4n) is 0.806. The highest BCUT2D eigenvalue weighted by molar-refractivity contribution is 7.80. The van der Waals surface area contributed by atoms with Crippen LogP contribution >= 0.6 is 12.2 Å². The summed E-state index contributed by atoms with van der Waals surface area (Å²) in [5, 5.41) is 3.32. The molecule has 1 rings (SSSR count). The molecule has 12 heavy (non-hydrogen) atoms. The molecule has 0 aliphatic rings. The zero-order valence-electron chi connectivity index (χ0n) is 7.13. The first-order valence-electron chi connectivity index (χ1n) is 3.64. The molecule has 0 atom stereocenters. The van der Waals surface area contributed by atoms with Gasteiger partial charge < -0.3 is 10.1 Å². The average molecular weight is 181 g/mol. The first kappa shape index (κ1) is 9.00. The van der Waals surface area contributed by atoms with E-state index in [0.29, 0.717) is 5.17 Å². The molecular formula is C9H11NOS. The summed E-state index contributed by atoms with van der Waals surface area (Å²) in [6.45, 7) is 2.04. The molecule has 64 valence electrons. The van der Waals surface area contributed by atoms with Gasteiger partial charge in [-0.05, 0) is 31.3 Å². The summed E-state index contributed by atoms with van der Waals surface area (Å²) in [5.74, 6) is 0. The molecular weight excluding hydrogens is 170 g/mol. The van der Waals surface area contributed by atoms with Crippen molar-refractivity contribution < 1.29 is 4.74 Å². The highest BCUT2D eigenvalue weighted by Crippen LogP contribution is 2.08. The van der Waals surface area contributed by atoms with Gasteiger partial charge in [0.05, 0.1) is 7.11 Å². The lowest BCUT2D eigenvalue weighted by molar-refractivity contribution is 0.413. The molecule has 0 saturated heterocycles. The number of benzene rings is 1. The maximum Gasteiger partial charge on any atom is 0.260 e. The van der Waals surface area contributed by atoms with Crippen LogP contribution in [0.1, 0.15) is 5.56 Å². The number of aryl methyl sites for hydroxylation is 1. The quantitative estimate of drug-likeness (QED) is 0.672. The number of hydrogen-bond donors (Lipinski definition) is 1. The molecule has 1 aromatic rings. The predicted molar refractivity (Wildman–Crippen MR) is 54.4 cm³/mol. The molecule has 0 aromatic heterocycles. The molecule has 2 nitrogen and oxygen atoms in total. The number of rotatable bonds is 1. The second-order valence-corrected chi connectivity index (χ2v) is 2.85. The molecule has 0 unspecified atom stereocenters. The lowest BCUT2D eigenvalue weighted by atomic mass is 10.2. The molecule has 0 radical (unpaired) electrons. The van der Waals surface area contributed by atoms with Crippen molar-refractivity contribution >= 4 is 23.1 Å². The van der Waals surface area contributed by atoms with Crippen LogP contribution in [-0.2, 0) is 4.74 Å². The Morgan fingerprint density at radius 3 is 2.42 bits per heavy atom. The maximum absolute atomic E-state index is 4.84. The van der Waals surface area contributed by atoms with Gasteiger partial charge in [-0.25, -0.2) is 0 Å². The number of nitrogens with one attached hydrogen (secondary N) is 1. The Hall–Kier alpha value is -1.09. The van der Waals surface area contributed by atoms with E-state index >= 15 is 0 Å². The molecule has 3 heteroatoms. The molecule has 0 amide bonds. The van der Waals surface area contributed by atoms with E-state index in [2.05, 4.69) is 5.32 Å². The second-order valence-electron chi connectivity index (χ2n) is 2.48. The summed E-state index contributed by atoms with van der Waals surface area (Å²) in [5.41, 5.74) is 2.18. The molecule has 0 heterocycles. The van der Waals surface area contributed by atoms with Crippen LogP contribution < -0.4 is 5.32 Å². The summed E-state index contributed by atoms with van der Waals surface area (Å²) in [7, 11) is 1.55. The minimum Gasteiger partial charge on any atom is -0.474 e. The second kappa shape index (κ2) is 4.07. The average Bonchev–Trinajstić information content (AvgIpc) is 2.09. The zero-order chi connectivity index (χ0) is 8.97. The number of thiocarbonyl (C=S) groups is 1. The third kappa shape index (κ3) is 2.51. The molecule has 0 saturated carbocycles. The van der Waals surface area contributed by atoms with Gasteiger partial charge in [0.25, 0.3) is 5.17 Å². The van der Waals surface area contributed by atoms with Crippen LogP contribution in [0.15, 0.2) is 24.3 Å². The van der Waals surface area contributed by atoms with Crippen molar-refractivity contribution in [3.8, 4) is 0 Å². The van der Waals surface area contributed by atoms with E-state index in [1.54, 1.807) is 7.11 Å². The van der Waals surface area contributed by atoms with E-state index in [0.717, 1.165) is 5.69 Å². The fourth-order valence-corrected chi connectivity index (χ4v) is 0.924. The summed E-state index contributed by atoms with van der Waals surface area (Å²) >= 11 is 4.84. The Labute approximate surface area is 77.5 Å². The van der Waals surface area contributed by atoms with Crippen LogP contribution in [0.4, 0.5) is 5.69 Å². The van der Waals surface area contributed by atoms with E-state index in [-0.39, 0.29) is 0 Å². The highest BCUT2D eigenvalue weighted by atomic mass is 32.1. The van der Waals surface area contributed by atoms with Gasteiger partial charge in [0.15, 0.2) is 0 Å². The van der Waals surface area contributed by atoms with E-state index in [9.17, 15) is 0 Å². The van der Waals surface area contributed by atoms with Crippen LogP contribution in [0.2, 0.25) is 0 Å². The smallest absolute Gasteiger partial charge is 0.260 e. The minimum absolute atomic E-state index is 0.388. The summed E-state index contributed by atoms with van der Waals surface area (Å²) < 4.78 is 4.80. The zero-order valence-corrected chi connectivity index (χ0v) is 7.94. The minimum atomic E-state index is 0.388. The van der Waals surface area contributed by atoms with E-state index in [1.165, 1.54) is 5.56 Å². The lowest BCUT2D eigenvalue weighted by Gasteiger charge is -2.05. The van der Waals surface area contributed by atoms with E-state index in [4.69, 9.17) is 17.0 Å². The fraction of sp³-hybridized carbons (Fsp3) is 0.222. The van der Waals surface area contributed by atoms with Gasteiger partial charge in [-0.1, -0.05) is 17.7 Å². The SMILES string of the molecule is COC(=S)Nc1ccc(C)cc1. The Kier molecular flexibility index (Phi) is 3.05. The van der Waals surface area contributed by atoms with Crippen LogP contribution in [0.5, 0.6) is 0 Å². The van der Waals surface area contributed by atoms with Gasteiger partial charge in [0, 0.05) is 5.69 Å². The Balaban J connectivity index is 2.64. The van der Waals surface area contributed by atoms with E-state index in [1.807, 2.05) is 31.2 Å². The normalized spacial score (nSPS) is 9.17. The molecule has 0 aliphatic carbocycles. The molecule has 0 fully saturated rings. The maximum atomic E-state index is 4.84. The van der Waals surface area contributed by atoms with E-state index < -0.39 is 0 Å². The van der Waals surface area contributed by atoms with Crippen molar-refractivity contribution in [1.29, 1.82) is 0 Å². The largest absolute Gasteiger partial charge is 0.474 e. The van der Waals surface area contributed by atoms with Crippen LogP contribution in [0, 0.1) is 6.92 Å². The van der Waals surface area contributed by atoms with Crippen molar-refractivity contribution in [3.05, 3.63) is 29.8 Å². The van der Waals surface area contributed by atoms with Gasteiger partial charge in [0.1, 0.15) is 0 Å². The first-order chi connectivity index (χ1) is 5.72. The third-order valence-corrected chi connectivity index (χ3v) is 1.75. The number of ether oxygens (including phenoxy) is 1. The molecule has 0 spiro atoms. The Morgan fingerprint density at radius 2 is 1.92 bits per heavy atom. The topological polar surface area (TPSA) is 21.3 Å². The van der Waals surface area contributed by atoms with Crippen LogP contribution in [-0.4, -0.2) is 12.3 Å². The number of methoxy groups -OCH3 is 1. The van der Waals surface area contributed by atoms with Crippen molar-refractivity contribution in [1.82, 2.24) is 0 Å². The van der Waals surface area contributed by atoms with Crippen molar-refractivity contribution in [3.63, 3.8) is 0 Å². The summed E-state index contributed by atoms with van der Waals surface area (Å²) in [4.78, 5) is 0.